The summed E-state index contributed by atoms with van der Waals surface area (Å²) >= 11 is 0. The van der Waals surface area contributed by atoms with Crippen molar-refractivity contribution in [2.24, 2.45) is 0 Å². The Morgan fingerprint density at radius 3 is 2.78 bits per heavy atom. The van der Waals surface area contributed by atoms with Crippen LogP contribution in [-0.4, -0.2) is 49.4 Å². The summed E-state index contributed by atoms with van der Waals surface area (Å²) in [5.74, 6) is 0.887. The molecule has 3 rings (SSSR count). The van der Waals surface area contributed by atoms with E-state index in [1.165, 1.54) is 24.0 Å². The Morgan fingerprint density at radius 1 is 1.26 bits per heavy atom. The molecule has 6 nitrogen and oxygen atoms in total. The fourth-order valence-corrected chi connectivity index (χ4v) is 3.56. The van der Waals surface area contributed by atoms with Gasteiger partial charge in [0.25, 0.3) is 0 Å². The van der Waals surface area contributed by atoms with Crippen molar-refractivity contribution in [2.45, 2.75) is 52.1 Å². The number of aryl methyl sites for hydroxylation is 2. The minimum atomic E-state index is 0.268. The van der Waals surface area contributed by atoms with E-state index >= 15 is 0 Å². The third-order valence-electron chi connectivity index (χ3n) is 4.72. The van der Waals surface area contributed by atoms with Crippen LogP contribution in [0.3, 0.4) is 0 Å². The summed E-state index contributed by atoms with van der Waals surface area (Å²) in [5, 5.41) is 21.5. The average Bonchev–Trinajstić information content (AvgIpc) is 3.16. The highest BCUT2D eigenvalue weighted by Gasteiger charge is 2.26. The van der Waals surface area contributed by atoms with Crippen molar-refractivity contribution in [3.63, 3.8) is 0 Å². The van der Waals surface area contributed by atoms with Gasteiger partial charge >= 0.3 is 0 Å². The van der Waals surface area contributed by atoms with Crippen molar-refractivity contribution < 1.29 is 5.11 Å². The molecule has 2 aromatic rings. The van der Waals surface area contributed by atoms with Crippen molar-refractivity contribution in [2.75, 3.05) is 13.2 Å². The highest BCUT2D eigenvalue weighted by molar-refractivity contribution is 5.46. The molecule has 1 atom stereocenters. The van der Waals surface area contributed by atoms with Gasteiger partial charge in [-0.1, -0.05) is 18.2 Å². The molecule has 6 heteroatoms. The van der Waals surface area contributed by atoms with Gasteiger partial charge in [-0.15, -0.1) is 5.10 Å². The second-order valence-corrected chi connectivity index (χ2v) is 6.38. The monoisotopic (exact) mass is 315 g/mol. The van der Waals surface area contributed by atoms with Crippen LogP contribution < -0.4 is 0 Å². The number of aliphatic hydroxyl groups is 1. The molecule has 124 valence electrons. The highest BCUT2D eigenvalue weighted by Crippen LogP contribution is 2.24. The number of tetrazole rings is 1. The van der Waals surface area contributed by atoms with Crippen LogP contribution in [0.1, 0.15) is 42.6 Å². The zero-order chi connectivity index (χ0) is 16.2. The molecule has 0 radical (unpaired) electrons. The third-order valence-corrected chi connectivity index (χ3v) is 4.72. The van der Waals surface area contributed by atoms with Gasteiger partial charge in [-0.05, 0) is 67.6 Å². The van der Waals surface area contributed by atoms with E-state index < -0.39 is 0 Å². The van der Waals surface area contributed by atoms with Gasteiger partial charge in [0.2, 0.25) is 0 Å². The molecule has 1 aliphatic heterocycles. The van der Waals surface area contributed by atoms with Crippen LogP contribution in [0, 0.1) is 13.8 Å². The van der Waals surface area contributed by atoms with Crippen LogP contribution in [0.15, 0.2) is 18.2 Å². The summed E-state index contributed by atoms with van der Waals surface area (Å²) in [7, 11) is 0. The SMILES string of the molecule is Cc1cccc(C)c1-n1nnnc1CN1CCCC1CCCO. The lowest BCUT2D eigenvalue weighted by Crippen LogP contribution is -2.30. The second-order valence-electron chi connectivity index (χ2n) is 6.38. The fourth-order valence-electron chi connectivity index (χ4n) is 3.56. The lowest BCUT2D eigenvalue weighted by molar-refractivity contribution is 0.205. The zero-order valence-electron chi connectivity index (χ0n) is 13.9. The van der Waals surface area contributed by atoms with Crippen molar-refractivity contribution in [1.29, 1.82) is 0 Å². The first kappa shape index (κ1) is 16.1. The van der Waals surface area contributed by atoms with E-state index in [4.69, 9.17) is 5.11 Å². The number of para-hydroxylation sites is 1. The number of aliphatic hydroxyl groups excluding tert-OH is 1. The molecule has 1 N–H and O–H groups in total. The van der Waals surface area contributed by atoms with E-state index in [0.29, 0.717) is 6.04 Å². The van der Waals surface area contributed by atoms with E-state index in [0.717, 1.165) is 37.4 Å². The Labute approximate surface area is 137 Å². The molecule has 1 aromatic heterocycles. The van der Waals surface area contributed by atoms with Gasteiger partial charge in [-0.3, -0.25) is 4.90 Å². The second kappa shape index (κ2) is 7.19. The Kier molecular flexibility index (Phi) is 5.03. The summed E-state index contributed by atoms with van der Waals surface area (Å²) in [4.78, 5) is 2.45. The van der Waals surface area contributed by atoms with Gasteiger partial charge in [0, 0.05) is 12.6 Å². The number of benzene rings is 1. The van der Waals surface area contributed by atoms with Crippen LogP contribution in [0.2, 0.25) is 0 Å². The van der Waals surface area contributed by atoms with E-state index in [1.807, 2.05) is 4.68 Å². The quantitative estimate of drug-likeness (QED) is 0.883. The molecule has 1 fully saturated rings. The molecule has 0 spiro atoms. The van der Waals surface area contributed by atoms with Gasteiger partial charge in [0.05, 0.1) is 12.2 Å². The first-order chi connectivity index (χ1) is 11.2. The smallest absolute Gasteiger partial charge is 0.170 e. The van der Waals surface area contributed by atoms with Crippen LogP contribution in [0.4, 0.5) is 0 Å². The molecular formula is C17H25N5O. The number of hydrogen-bond donors (Lipinski definition) is 1. The fraction of sp³-hybridized carbons (Fsp3) is 0.588. The highest BCUT2D eigenvalue weighted by atomic mass is 16.2. The maximum atomic E-state index is 9.07. The van der Waals surface area contributed by atoms with Crippen molar-refractivity contribution in [1.82, 2.24) is 25.1 Å². The number of hydrogen-bond acceptors (Lipinski definition) is 5. The average molecular weight is 315 g/mol. The largest absolute Gasteiger partial charge is 0.396 e. The summed E-state index contributed by atoms with van der Waals surface area (Å²) < 4.78 is 1.88. The maximum Gasteiger partial charge on any atom is 0.170 e. The van der Waals surface area contributed by atoms with Crippen LogP contribution in [-0.2, 0) is 6.54 Å². The Hall–Kier alpha value is -1.79. The Morgan fingerprint density at radius 2 is 2.04 bits per heavy atom. The Balaban J connectivity index is 1.82. The van der Waals surface area contributed by atoms with Gasteiger partial charge in [0.15, 0.2) is 5.82 Å². The topological polar surface area (TPSA) is 67.1 Å². The molecule has 1 saturated heterocycles. The molecule has 0 saturated carbocycles. The predicted molar refractivity (Wildman–Crippen MR) is 88.4 cm³/mol. The summed E-state index contributed by atoms with van der Waals surface area (Å²) in [6.07, 6.45) is 4.32. The molecule has 23 heavy (non-hydrogen) atoms. The standard InChI is InChI=1S/C17H25N5O/c1-13-6-3-7-14(2)17(13)22-16(18-19-20-22)12-21-10-4-8-15(21)9-5-11-23/h3,6-7,15,23H,4-5,8-12H2,1-2H3. The van der Waals surface area contributed by atoms with Crippen molar-refractivity contribution in [3.8, 4) is 5.69 Å². The Bertz CT molecular complexity index is 634. The molecule has 0 bridgehead atoms. The molecule has 0 aliphatic carbocycles. The molecule has 0 amide bonds. The molecule has 1 aliphatic rings. The summed E-state index contributed by atoms with van der Waals surface area (Å²) in [6.45, 7) is 6.29. The van der Waals surface area contributed by atoms with E-state index in [-0.39, 0.29) is 6.61 Å². The zero-order valence-corrected chi connectivity index (χ0v) is 13.9. The summed E-state index contributed by atoms with van der Waals surface area (Å²) in [5.41, 5.74) is 3.44. The molecule has 2 heterocycles. The van der Waals surface area contributed by atoms with E-state index in [9.17, 15) is 0 Å². The first-order valence-corrected chi connectivity index (χ1v) is 8.39. The van der Waals surface area contributed by atoms with Gasteiger partial charge < -0.3 is 5.11 Å². The van der Waals surface area contributed by atoms with Gasteiger partial charge in [-0.2, -0.15) is 4.68 Å². The number of rotatable bonds is 6. The maximum absolute atomic E-state index is 9.07. The predicted octanol–water partition coefficient (Wildman–Crippen LogP) is 2.02. The molecular weight excluding hydrogens is 290 g/mol. The minimum absolute atomic E-state index is 0.268. The van der Waals surface area contributed by atoms with Crippen molar-refractivity contribution >= 4 is 0 Å². The number of likely N-dealkylation sites (tertiary alicyclic amines) is 1. The van der Waals surface area contributed by atoms with Crippen LogP contribution >= 0.6 is 0 Å². The van der Waals surface area contributed by atoms with E-state index in [2.05, 4.69) is 52.5 Å². The molecule has 1 aromatic carbocycles. The van der Waals surface area contributed by atoms with Crippen molar-refractivity contribution in [3.05, 3.63) is 35.2 Å². The van der Waals surface area contributed by atoms with Gasteiger partial charge in [-0.25, -0.2) is 0 Å². The number of nitrogens with zero attached hydrogens (tertiary/aromatic N) is 5. The minimum Gasteiger partial charge on any atom is -0.396 e. The van der Waals surface area contributed by atoms with Crippen LogP contribution in [0.25, 0.3) is 5.69 Å². The normalized spacial score (nSPS) is 18.7. The first-order valence-electron chi connectivity index (χ1n) is 8.39. The summed E-state index contributed by atoms with van der Waals surface area (Å²) in [6, 6.07) is 6.77. The van der Waals surface area contributed by atoms with Gasteiger partial charge in [0.1, 0.15) is 0 Å². The van der Waals surface area contributed by atoms with E-state index in [1.54, 1.807) is 0 Å². The number of aromatic nitrogens is 4. The lowest BCUT2D eigenvalue weighted by atomic mass is 10.1. The lowest BCUT2D eigenvalue weighted by Gasteiger charge is -2.23. The van der Waals surface area contributed by atoms with Crippen LogP contribution in [0.5, 0.6) is 0 Å². The third kappa shape index (κ3) is 3.43. The molecule has 1 unspecified atom stereocenters.